The van der Waals surface area contributed by atoms with Crippen LogP contribution in [0, 0.1) is 5.82 Å². The summed E-state index contributed by atoms with van der Waals surface area (Å²) < 4.78 is 21.0. The third-order valence-corrected chi connectivity index (χ3v) is 8.06. The monoisotopic (exact) mass is 632 g/mol. The third-order valence-electron chi connectivity index (χ3n) is 7.74. The molecule has 3 aromatic carbocycles. The Morgan fingerprint density at radius 3 is 2.29 bits per heavy atom. The molecule has 0 unspecified atom stereocenters. The fourth-order valence-electron chi connectivity index (χ4n) is 5.27. The number of hydrogen-bond donors (Lipinski definition) is 1. The number of benzene rings is 3. The van der Waals surface area contributed by atoms with E-state index in [9.17, 15) is 14.0 Å². The molecule has 0 saturated carbocycles. The molecule has 4 rings (SSSR count). The summed E-state index contributed by atoms with van der Waals surface area (Å²) in [6, 6.07) is 19.1. The second-order valence-corrected chi connectivity index (χ2v) is 11.4. The van der Waals surface area contributed by atoms with Crippen LogP contribution in [0.1, 0.15) is 84.8 Å². The molecule has 0 bridgehead atoms. The zero-order valence-corrected chi connectivity index (χ0v) is 27.3. The second-order valence-electron chi connectivity index (χ2n) is 11.0. The van der Waals surface area contributed by atoms with Crippen molar-refractivity contribution in [1.29, 1.82) is 0 Å². The van der Waals surface area contributed by atoms with Gasteiger partial charge in [0.15, 0.2) is 5.69 Å². The second kappa shape index (κ2) is 16.2. The molecule has 0 atom stereocenters. The van der Waals surface area contributed by atoms with Crippen molar-refractivity contribution in [3.63, 3.8) is 0 Å². The molecule has 0 aliphatic heterocycles. The summed E-state index contributed by atoms with van der Waals surface area (Å²) in [5.74, 6) is -0.648. The fourth-order valence-corrected chi connectivity index (χ4v) is 5.55. The molecule has 0 radical (unpaired) electrons. The van der Waals surface area contributed by atoms with Crippen LogP contribution in [0.5, 0.6) is 5.88 Å². The van der Waals surface area contributed by atoms with Gasteiger partial charge in [-0.3, -0.25) is 9.59 Å². The lowest BCUT2D eigenvalue weighted by atomic mass is 10.0. The van der Waals surface area contributed by atoms with Crippen molar-refractivity contribution in [1.82, 2.24) is 20.0 Å². The Balaban J connectivity index is 1.76. The number of rotatable bonds is 15. The summed E-state index contributed by atoms with van der Waals surface area (Å²) in [6.07, 6.45) is 5.63. The molecule has 238 valence electrons. The van der Waals surface area contributed by atoms with E-state index in [1.165, 1.54) is 29.5 Å². The molecule has 4 aromatic rings. The Morgan fingerprint density at radius 1 is 0.933 bits per heavy atom. The summed E-state index contributed by atoms with van der Waals surface area (Å²) in [6.45, 7) is 7.93. The van der Waals surface area contributed by atoms with Crippen molar-refractivity contribution in [2.45, 2.75) is 65.8 Å². The number of carbonyl (C=O) groups excluding carboxylic acids is 2. The molecular weight excluding hydrogens is 591 g/mol. The van der Waals surface area contributed by atoms with E-state index >= 15 is 0 Å². The van der Waals surface area contributed by atoms with Gasteiger partial charge in [-0.15, -0.1) is 0 Å². The van der Waals surface area contributed by atoms with Crippen LogP contribution in [0.4, 0.5) is 4.39 Å². The maximum atomic E-state index is 13.9. The zero-order valence-electron chi connectivity index (χ0n) is 26.5. The van der Waals surface area contributed by atoms with Crippen molar-refractivity contribution in [3.8, 4) is 22.7 Å². The van der Waals surface area contributed by atoms with Crippen LogP contribution < -0.4 is 10.1 Å². The average Bonchev–Trinajstić information content (AvgIpc) is 3.48. The van der Waals surface area contributed by atoms with E-state index < -0.39 is 5.82 Å². The lowest BCUT2D eigenvalue weighted by molar-refractivity contribution is 0.0744. The highest BCUT2D eigenvalue weighted by Gasteiger charge is 2.24. The van der Waals surface area contributed by atoms with Crippen LogP contribution >= 0.6 is 11.6 Å². The van der Waals surface area contributed by atoms with Gasteiger partial charge in [0, 0.05) is 31.3 Å². The smallest absolute Gasteiger partial charge is 0.274 e. The number of aryl methyl sites for hydroxylation is 1. The van der Waals surface area contributed by atoms with Crippen molar-refractivity contribution < 1.29 is 18.7 Å². The van der Waals surface area contributed by atoms with E-state index in [0.29, 0.717) is 47.9 Å². The molecule has 0 spiro atoms. The maximum Gasteiger partial charge on any atom is 0.274 e. The molecule has 1 heterocycles. The van der Waals surface area contributed by atoms with E-state index in [0.717, 1.165) is 44.1 Å². The highest BCUT2D eigenvalue weighted by atomic mass is 35.5. The number of hydrogen-bond acceptors (Lipinski definition) is 4. The van der Waals surface area contributed by atoms with Crippen LogP contribution in [-0.2, 0) is 13.0 Å². The highest BCUT2D eigenvalue weighted by Crippen LogP contribution is 2.32. The minimum atomic E-state index is -0.450. The van der Waals surface area contributed by atoms with Crippen LogP contribution in [0.3, 0.4) is 0 Å². The number of nitrogens with zero attached hydrogens (tertiary/aromatic N) is 3. The van der Waals surface area contributed by atoms with Gasteiger partial charge in [0.25, 0.3) is 11.8 Å². The normalized spacial score (nSPS) is 11.0. The van der Waals surface area contributed by atoms with Gasteiger partial charge in [0.05, 0.1) is 23.4 Å². The molecule has 0 fully saturated rings. The van der Waals surface area contributed by atoms with Gasteiger partial charge >= 0.3 is 0 Å². The van der Waals surface area contributed by atoms with Gasteiger partial charge in [-0.05, 0) is 66.3 Å². The van der Waals surface area contributed by atoms with E-state index in [1.807, 2.05) is 23.1 Å². The predicted molar refractivity (Wildman–Crippen MR) is 178 cm³/mol. The quantitative estimate of drug-likeness (QED) is 0.143. The number of aromatic nitrogens is 2. The van der Waals surface area contributed by atoms with Crippen LogP contribution in [-0.4, -0.2) is 46.7 Å². The molecule has 0 saturated heterocycles. The molecule has 7 nitrogen and oxygen atoms in total. The summed E-state index contributed by atoms with van der Waals surface area (Å²) in [4.78, 5) is 29.4. The molecular formula is C36H42ClFN4O3. The predicted octanol–water partition coefficient (Wildman–Crippen LogP) is 8.27. The fraction of sp³-hybridized carbons (Fsp3) is 0.361. The molecule has 0 aliphatic rings. The first-order valence-corrected chi connectivity index (χ1v) is 16.1. The molecule has 45 heavy (non-hydrogen) atoms. The van der Waals surface area contributed by atoms with E-state index in [1.54, 1.807) is 30.3 Å². The van der Waals surface area contributed by atoms with Crippen molar-refractivity contribution in [3.05, 3.63) is 100.0 Å². The Hall–Kier alpha value is -4.17. The molecule has 9 heteroatoms. The van der Waals surface area contributed by atoms with Gasteiger partial charge in [-0.2, -0.15) is 9.78 Å². The highest BCUT2D eigenvalue weighted by molar-refractivity contribution is 6.33. The van der Waals surface area contributed by atoms with Gasteiger partial charge in [-0.1, -0.05) is 82.0 Å². The summed E-state index contributed by atoms with van der Waals surface area (Å²) >= 11 is 6.41. The third kappa shape index (κ3) is 8.31. The number of methoxy groups -OCH3 is 1. The number of nitrogens with one attached hydrogen (secondary N) is 1. The Morgan fingerprint density at radius 2 is 1.64 bits per heavy atom. The van der Waals surface area contributed by atoms with Crippen LogP contribution in [0.15, 0.2) is 66.7 Å². The van der Waals surface area contributed by atoms with Crippen LogP contribution in [0.25, 0.3) is 16.8 Å². The lowest BCUT2D eigenvalue weighted by Gasteiger charge is -2.21. The van der Waals surface area contributed by atoms with E-state index in [-0.39, 0.29) is 22.5 Å². The molecule has 1 aromatic heterocycles. The van der Waals surface area contributed by atoms with Crippen molar-refractivity contribution >= 4 is 23.4 Å². The number of carbonyl (C=O) groups is 2. The Bertz CT molecular complexity index is 1610. The number of amides is 2. The van der Waals surface area contributed by atoms with Crippen molar-refractivity contribution in [2.24, 2.45) is 0 Å². The molecule has 1 N–H and O–H groups in total. The largest absolute Gasteiger partial charge is 0.481 e. The SMILES string of the molecule is CCCCN(CCCC)C(=O)c1cc(OC)n(-c2ccc(-c3ccc(F)cc3Cl)cc2C(=O)NCc2ccccc2CCC)n1. The summed E-state index contributed by atoms with van der Waals surface area (Å²) in [7, 11) is 1.50. The maximum absolute atomic E-state index is 13.9. The minimum absolute atomic E-state index is 0.179. The van der Waals surface area contributed by atoms with Gasteiger partial charge in [0.2, 0.25) is 5.88 Å². The zero-order chi connectivity index (χ0) is 32.3. The summed E-state index contributed by atoms with van der Waals surface area (Å²) in [5.41, 5.74) is 4.40. The first-order chi connectivity index (χ1) is 21.8. The number of halogens is 2. The first kappa shape index (κ1) is 33.7. The number of ether oxygens (including phenoxy) is 1. The lowest BCUT2D eigenvalue weighted by Crippen LogP contribution is -2.33. The molecule has 2 amide bonds. The first-order valence-electron chi connectivity index (χ1n) is 15.7. The minimum Gasteiger partial charge on any atom is -0.481 e. The van der Waals surface area contributed by atoms with E-state index in [2.05, 4.69) is 37.3 Å². The molecule has 0 aliphatic carbocycles. The van der Waals surface area contributed by atoms with Crippen molar-refractivity contribution in [2.75, 3.05) is 20.2 Å². The topological polar surface area (TPSA) is 76.5 Å². The Kier molecular flexibility index (Phi) is 12.2. The van der Waals surface area contributed by atoms with Gasteiger partial charge in [-0.25, -0.2) is 4.39 Å². The van der Waals surface area contributed by atoms with Crippen LogP contribution in [0.2, 0.25) is 5.02 Å². The van der Waals surface area contributed by atoms with Gasteiger partial charge < -0.3 is 15.0 Å². The Labute approximate surface area is 270 Å². The number of unbranched alkanes of at least 4 members (excludes halogenated alkanes) is 2. The van der Waals surface area contributed by atoms with Gasteiger partial charge in [0.1, 0.15) is 5.82 Å². The standard InChI is InChI=1S/C36H42ClFN4O3/c1-5-8-19-41(20-9-6-2)36(44)32-23-34(45-4)42(40-32)33-18-15-26(29-17-16-28(38)22-31(29)37)21-30(33)35(43)39-24-27-14-11-10-13-25(27)12-7-3/h10-11,13-18,21-23H,5-9,12,19-20,24H2,1-4H3,(H,39,43). The summed E-state index contributed by atoms with van der Waals surface area (Å²) in [5, 5.41) is 7.96. The van der Waals surface area contributed by atoms with E-state index in [4.69, 9.17) is 16.3 Å². The average molecular weight is 633 g/mol.